The van der Waals surface area contributed by atoms with Crippen LogP contribution in [-0.2, 0) is 0 Å². The van der Waals surface area contributed by atoms with Crippen molar-refractivity contribution >= 4 is 0 Å². The van der Waals surface area contributed by atoms with Gasteiger partial charge < -0.3 is 0 Å². The molecule has 5 atom stereocenters. The third-order valence-electron chi connectivity index (χ3n) is 9.07. The summed E-state index contributed by atoms with van der Waals surface area (Å²) in [6.07, 6.45) is 15.5. The van der Waals surface area contributed by atoms with E-state index >= 15 is 0 Å². The first-order chi connectivity index (χ1) is 16.1. The zero-order chi connectivity index (χ0) is 24.9. The maximum Gasteiger partial charge on any atom is 0.0101 e. The summed E-state index contributed by atoms with van der Waals surface area (Å²) in [4.78, 5) is 0. The average Bonchev–Trinajstić information content (AvgIpc) is 3.17. The van der Waals surface area contributed by atoms with Crippen LogP contribution in [0.2, 0.25) is 0 Å². The van der Waals surface area contributed by atoms with Crippen molar-refractivity contribution in [2.45, 2.75) is 86.0 Å². The molecule has 4 aliphatic carbocycles. The van der Waals surface area contributed by atoms with Crippen LogP contribution in [0, 0.1) is 28.6 Å². The first kappa shape index (κ1) is 26.5. The molecule has 1 aromatic carbocycles. The minimum Gasteiger partial charge on any atom is -0.100 e. The summed E-state index contributed by atoms with van der Waals surface area (Å²) in [7, 11) is 0. The number of rotatable bonds is 2. The van der Waals surface area contributed by atoms with Gasteiger partial charge in [0.2, 0.25) is 0 Å². The number of benzene rings is 1. The Morgan fingerprint density at radius 2 is 1.53 bits per heavy atom. The Morgan fingerprint density at radius 1 is 0.941 bits per heavy atom. The standard InChI is InChI=1S/C24H34.C6H6.C4H8/c1-6-17(3)20-9-10-21-19-8-7-18-15-16(2)11-13-23(18,4)22(19)12-14-24(20,21)5;1-2-4-6-5-3-1;1-4(2)3/h12,15,19-21H,2-3,6-11,13-14H2,1,4-5H3;1-6H;1H2,2-3H3/t19?,20-,21?,23+,24-;;/m1../s1. The van der Waals surface area contributed by atoms with Gasteiger partial charge in [0.25, 0.3) is 0 Å². The monoisotopic (exact) mass is 456 g/mol. The van der Waals surface area contributed by atoms with Gasteiger partial charge in [-0.05, 0) is 88.4 Å². The lowest BCUT2D eigenvalue weighted by Crippen LogP contribution is -2.44. The smallest absolute Gasteiger partial charge is 0.0101 e. The zero-order valence-electron chi connectivity index (χ0n) is 22.6. The van der Waals surface area contributed by atoms with E-state index in [0.29, 0.717) is 10.8 Å². The van der Waals surface area contributed by atoms with E-state index in [1.165, 1.54) is 61.7 Å². The number of allylic oxidation sites excluding steroid dienone is 7. The van der Waals surface area contributed by atoms with Crippen LogP contribution in [0.15, 0.2) is 96.2 Å². The van der Waals surface area contributed by atoms with Crippen molar-refractivity contribution in [2.24, 2.45) is 28.6 Å². The predicted molar refractivity (Wildman–Crippen MR) is 151 cm³/mol. The van der Waals surface area contributed by atoms with Gasteiger partial charge in [-0.1, -0.05) is 110 Å². The highest BCUT2D eigenvalue weighted by atomic mass is 14.6. The summed E-state index contributed by atoms with van der Waals surface area (Å²) < 4.78 is 0. The van der Waals surface area contributed by atoms with Crippen molar-refractivity contribution < 1.29 is 0 Å². The Kier molecular flexibility index (Phi) is 8.66. The molecule has 0 N–H and O–H groups in total. The second-order valence-corrected chi connectivity index (χ2v) is 11.8. The summed E-state index contributed by atoms with van der Waals surface area (Å²) in [6.45, 7) is 23.6. The lowest BCUT2D eigenvalue weighted by Gasteiger charge is -2.54. The van der Waals surface area contributed by atoms with E-state index in [1.807, 2.05) is 50.2 Å². The van der Waals surface area contributed by atoms with Crippen molar-refractivity contribution in [1.29, 1.82) is 0 Å². The molecule has 34 heavy (non-hydrogen) atoms. The van der Waals surface area contributed by atoms with Crippen LogP contribution in [0.3, 0.4) is 0 Å². The van der Waals surface area contributed by atoms with E-state index in [9.17, 15) is 0 Å². The minimum absolute atomic E-state index is 0.339. The van der Waals surface area contributed by atoms with Gasteiger partial charge in [0.1, 0.15) is 0 Å². The molecule has 0 nitrogen and oxygen atoms in total. The largest absolute Gasteiger partial charge is 0.100 e. The van der Waals surface area contributed by atoms with Crippen LogP contribution in [0.5, 0.6) is 0 Å². The highest BCUT2D eigenvalue weighted by molar-refractivity contribution is 5.43. The fraction of sp³-hybridized carbons (Fsp3) is 0.529. The lowest BCUT2D eigenvalue weighted by atomic mass is 9.51. The average molecular weight is 457 g/mol. The van der Waals surface area contributed by atoms with Gasteiger partial charge in [-0.2, -0.15) is 0 Å². The van der Waals surface area contributed by atoms with Crippen molar-refractivity contribution in [3.8, 4) is 0 Å². The second-order valence-electron chi connectivity index (χ2n) is 11.8. The van der Waals surface area contributed by atoms with Crippen molar-refractivity contribution in [3.05, 3.63) is 96.2 Å². The summed E-state index contributed by atoms with van der Waals surface area (Å²) in [5.41, 5.74) is 8.31. The van der Waals surface area contributed by atoms with E-state index < -0.39 is 0 Å². The van der Waals surface area contributed by atoms with Crippen molar-refractivity contribution in [2.75, 3.05) is 0 Å². The predicted octanol–water partition coefficient (Wildman–Crippen LogP) is 10.3. The Hall–Kier alpha value is -2.08. The molecule has 0 heterocycles. The number of fused-ring (bicyclic) bond motifs is 5. The van der Waals surface area contributed by atoms with Crippen LogP contribution in [0.4, 0.5) is 0 Å². The quantitative estimate of drug-likeness (QED) is 0.388. The van der Waals surface area contributed by atoms with Gasteiger partial charge in [0.05, 0.1) is 0 Å². The Balaban J connectivity index is 0.000000271. The Bertz CT molecular complexity index is 911. The van der Waals surface area contributed by atoms with Gasteiger partial charge in [0.15, 0.2) is 0 Å². The van der Waals surface area contributed by atoms with Crippen molar-refractivity contribution in [3.63, 3.8) is 0 Å². The first-order valence-corrected chi connectivity index (χ1v) is 13.5. The maximum atomic E-state index is 4.44. The van der Waals surface area contributed by atoms with Crippen LogP contribution in [0.1, 0.15) is 86.0 Å². The molecule has 0 aliphatic heterocycles. The molecule has 2 fully saturated rings. The van der Waals surface area contributed by atoms with E-state index in [4.69, 9.17) is 0 Å². The van der Waals surface area contributed by atoms with Crippen LogP contribution >= 0.6 is 0 Å². The van der Waals surface area contributed by atoms with E-state index in [2.05, 4.69) is 52.7 Å². The number of hydrogen-bond donors (Lipinski definition) is 0. The highest BCUT2D eigenvalue weighted by Gasteiger charge is 2.55. The summed E-state index contributed by atoms with van der Waals surface area (Å²) in [5, 5.41) is 0. The molecule has 0 amide bonds. The van der Waals surface area contributed by atoms with Gasteiger partial charge in [0, 0.05) is 5.41 Å². The SMILES string of the molecule is C=C(C)C.C=C1C=C2CCC3C(=CC[C@@]4(C)C3CC[C@@H]4C(=C)CC)[C@@]2(C)CC1.c1ccccc1. The topological polar surface area (TPSA) is 0 Å². The minimum atomic E-state index is 0.339. The molecule has 0 heteroatoms. The molecular weight excluding hydrogens is 408 g/mol. The molecule has 5 rings (SSSR count). The molecule has 2 unspecified atom stereocenters. The van der Waals surface area contributed by atoms with E-state index in [-0.39, 0.29) is 0 Å². The molecule has 0 radical (unpaired) electrons. The van der Waals surface area contributed by atoms with Crippen LogP contribution in [-0.4, -0.2) is 0 Å². The molecule has 0 bridgehead atoms. The fourth-order valence-electron chi connectivity index (χ4n) is 7.25. The van der Waals surface area contributed by atoms with Gasteiger partial charge in [-0.3, -0.25) is 0 Å². The maximum absolute atomic E-state index is 4.44. The summed E-state index contributed by atoms with van der Waals surface area (Å²) >= 11 is 0. The third kappa shape index (κ3) is 5.42. The summed E-state index contributed by atoms with van der Waals surface area (Å²) in [5.74, 6) is 2.46. The fourth-order valence-corrected chi connectivity index (χ4v) is 7.25. The van der Waals surface area contributed by atoms with E-state index in [1.54, 1.807) is 11.1 Å². The summed E-state index contributed by atoms with van der Waals surface area (Å²) in [6, 6.07) is 12.0. The highest BCUT2D eigenvalue weighted by Crippen LogP contribution is 2.65. The van der Waals surface area contributed by atoms with E-state index in [0.717, 1.165) is 24.2 Å². The molecule has 0 saturated heterocycles. The molecular formula is C34H48. The molecule has 2 saturated carbocycles. The Morgan fingerprint density at radius 3 is 2.09 bits per heavy atom. The molecule has 0 spiro atoms. The van der Waals surface area contributed by atoms with Crippen molar-refractivity contribution in [1.82, 2.24) is 0 Å². The van der Waals surface area contributed by atoms with Gasteiger partial charge in [-0.15, -0.1) is 6.58 Å². The molecule has 4 aliphatic rings. The number of hydrogen-bond acceptors (Lipinski definition) is 0. The second kappa shape index (κ2) is 11.1. The van der Waals surface area contributed by atoms with Gasteiger partial charge in [-0.25, -0.2) is 0 Å². The Labute approximate surface area is 210 Å². The van der Waals surface area contributed by atoms with Crippen LogP contribution < -0.4 is 0 Å². The normalized spacial score (nSPS) is 33.3. The first-order valence-electron chi connectivity index (χ1n) is 13.5. The molecule has 1 aromatic rings. The molecule has 0 aromatic heterocycles. The molecule has 184 valence electrons. The lowest BCUT2D eigenvalue weighted by molar-refractivity contribution is 0.0963. The van der Waals surface area contributed by atoms with Gasteiger partial charge >= 0.3 is 0 Å². The third-order valence-corrected chi connectivity index (χ3v) is 9.07. The van der Waals surface area contributed by atoms with Crippen LogP contribution in [0.25, 0.3) is 0 Å². The zero-order valence-corrected chi connectivity index (χ0v) is 22.6.